The molecule has 0 aromatic carbocycles. The summed E-state index contributed by atoms with van der Waals surface area (Å²) in [5.74, 6) is -0.680. The number of carbonyl (C=O) groups is 2. The molecule has 2 N–H and O–H groups in total. The van der Waals surface area contributed by atoms with Crippen molar-refractivity contribution >= 4 is 11.8 Å². The minimum atomic E-state index is -1.62. The Kier molecular flexibility index (Phi) is 10.5. The van der Waals surface area contributed by atoms with E-state index < -0.39 is 29.7 Å². The third-order valence-corrected chi connectivity index (χ3v) is 6.63. The molecule has 0 heterocycles. The standard InChI is InChI=1S/C27H42O6/c1-19(2)17-24(30)33-23-12-15-26(6,13-9-20(3)25(4,5)32-8)14-10-21(18-28)22(29)11-16-27(23,7)31/h10-12,15-17,20,23,28,31H,9,13-14,18H2,1-8H3/t20-,23-,26+,27-/m1/s1. The van der Waals surface area contributed by atoms with Crippen LogP contribution in [-0.2, 0) is 19.1 Å². The molecule has 0 radical (unpaired) electrons. The second-order valence-corrected chi connectivity index (χ2v) is 10.4. The van der Waals surface area contributed by atoms with E-state index in [2.05, 4.69) is 27.7 Å². The zero-order valence-corrected chi connectivity index (χ0v) is 21.5. The van der Waals surface area contributed by atoms with E-state index in [1.54, 1.807) is 33.1 Å². The molecule has 0 bridgehead atoms. The van der Waals surface area contributed by atoms with Gasteiger partial charge in [-0.05, 0) is 83.4 Å². The normalized spacial score (nSPS) is 27.4. The number of hydrogen-bond donors (Lipinski definition) is 2. The van der Waals surface area contributed by atoms with Crippen LogP contribution in [0.4, 0.5) is 0 Å². The van der Waals surface area contributed by atoms with Crippen LogP contribution in [0.25, 0.3) is 0 Å². The molecular formula is C27H42O6. The summed E-state index contributed by atoms with van der Waals surface area (Å²) in [5, 5.41) is 20.8. The smallest absolute Gasteiger partial charge is 0.331 e. The minimum absolute atomic E-state index is 0.268. The third-order valence-electron chi connectivity index (χ3n) is 6.63. The number of ether oxygens (including phenoxy) is 2. The Morgan fingerprint density at radius 3 is 2.48 bits per heavy atom. The molecule has 0 saturated carbocycles. The van der Waals surface area contributed by atoms with Crippen LogP contribution < -0.4 is 0 Å². The lowest BCUT2D eigenvalue weighted by atomic mass is 9.76. The SMILES string of the molecule is COC(C)(C)[C@H](C)CC[C@]1(C)C=C[C@@H](OC(=O)C=C(C)C)[C@](C)(O)C=CC(=O)C(CO)=CC1. The van der Waals surface area contributed by atoms with Crippen molar-refractivity contribution in [3.63, 3.8) is 0 Å². The highest BCUT2D eigenvalue weighted by molar-refractivity contribution is 6.04. The first-order valence-electron chi connectivity index (χ1n) is 11.5. The largest absolute Gasteiger partial charge is 0.452 e. The van der Waals surface area contributed by atoms with Gasteiger partial charge < -0.3 is 19.7 Å². The average molecular weight is 463 g/mol. The van der Waals surface area contributed by atoms with Gasteiger partial charge in [0.25, 0.3) is 0 Å². The van der Waals surface area contributed by atoms with Crippen LogP contribution in [0.5, 0.6) is 0 Å². The number of ketones is 1. The molecule has 0 aromatic rings. The van der Waals surface area contributed by atoms with E-state index in [1.165, 1.54) is 25.2 Å². The number of allylic oxidation sites excluding steroid dienone is 4. The van der Waals surface area contributed by atoms with Crippen molar-refractivity contribution in [2.75, 3.05) is 13.7 Å². The molecule has 0 spiro atoms. The predicted octanol–water partition coefficient (Wildman–Crippen LogP) is 4.47. The first-order valence-corrected chi connectivity index (χ1v) is 11.5. The summed E-state index contributed by atoms with van der Waals surface area (Å²) >= 11 is 0. The Labute approximate surface area is 199 Å². The molecule has 4 atom stereocenters. The summed E-state index contributed by atoms with van der Waals surface area (Å²) in [5.41, 5.74) is -1.25. The van der Waals surface area contributed by atoms with E-state index in [-0.39, 0.29) is 22.9 Å². The Morgan fingerprint density at radius 2 is 1.94 bits per heavy atom. The van der Waals surface area contributed by atoms with Gasteiger partial charge in [0, 0.05) is 18.8 Å². The van der Waals surface area contributed by atoms with Gasteiger partial charge in [-0.3, -0.25) is 4.79 Å². The third kappa shape index (κ3) is 9.03. The summed E-state index contributed by atoms with van der Waals surface area (Å²) in [6, 6.07) is 0. The fraction of sp³-hybridized carbons (Fsp3) is 0.630. The lowest BCUT2D eigenvalue weighted by Gasteiger charge is -2.34. The summed E-state index contributed by atoms with van der Waals surface area (Å²) in [6.45, 7) is 13.0. The van der Waals surface area contributed by atoms with E-state index in [1.807, 2.05) is 6.08 Å². The van der Waals surface area contributed by atoms with E-state index in [0.29, 0.717) is 6.42 Å². The predicted molar refractivity (Wildman–Crippen MR) is 131 cm³/mol. The molecule has 1 aliphatic rings. The van der Waals surface area contributed by atoms with Crippen molar-refractivity contribution < 1.29 is 29.3 Å². The molecule has 1 aliphatic carbocycles. The highest BCUT2D eigenvalue weighted by Crippen LogP contribution is 2.36. The maximum absolute atomic E-state index is 12.6. The second-order valence-electron chi connectivity index (χ2n) is 10.4. The van der Waals surface area contributed by atoms with Gasteiger partial charge in [-0.2, -0.15) is 0 Å². The summed E-state index contributed by atoms with van der Waals surface area (Å²) < 4.78 is 11.2. The maximum Gasteiger partial charge on any atom is 0.331 e. The molecule has 0 fully saturated rings. The highest BCUT2D eigenvalue weighted by Gasteiger charge is 2.34. The second kappa shape index (κ2) is 11.9. The Hall–Kier alpha value is -2.02. The highest BCUT2D eigenvalue weighted by atomic mass is 16.6. The molecule has 0 saturated heterocycles. The summed E-state index contributed by atoms with van der Waals surface area (Å²) in [6.07, 6.45) is 10.5. The van der Waals surface area contributed by atoms with Gasteiger partial charge in [0.15, 0.2) is 11.9 Å². The molecule has 186 valence electrons. The van der Waals surface area contributed by atoms with Gasteiger partial charge in [-0.25, -0.2) is 4.79 Å². The fourth-order valence-corrected chi connectivity index (χ4v) is 3.46. The average Bonchev–Trinajstić information content (AvgIpc) is 2.74. The first-order chi connectivity index (χ1) is 15.2. The Morgan fingerprint density at radius 1 is 1.30 bits per heavy atom. The number of methoxy groups -OCH3 is 1. The Bertz CT molecular complexity index is 810. The molecule has 0 aromatic heterocycles. The molecular weight excluding hydrogens is 420 g/mol. The first kappa shape index (κ1) is 29.0. The monoisotopic (exact) mass is 462 g/mol. The molecule has 0 aliphatic heterocycles. The zero-order chi connectivity index (χ0) is 25.4. The molecule has 33 heavy (non-hydrogen) atoms. The molecule has 6 heteroatoms. The van der Waals surface area contributed by atoms with E-state index in [0.717, 1.165) is 18.4 Å². The van der Waals surface area contributed by atoms with Crippen LogP contribution >= 0.6 is 0 Å². The van der Waals surface area contributed by atoms with Gasteiger partial charge in [0.2, 0.25) is 0 Å². The number of carbonyl (C=O) groups excluding carboxylic acids is 2. The molecule has 1 rings (SSSR count). The number of hydrogen-bond acceptors (Lipinski definition) is 6. The molecule has 6 nitrogen and oxygen atoms in total. The van der Waals surface area contributed by atoms with Gasteiger partial charge in [0.05, 0.1) is 12.2 Å². The van der Waals surface area contributed by atoms with Crippen LogP contribution in [0.3, 0.4) is 0 Å². The minimum Gasteiger partial charge on any atom is -0.452 e. The fourth-order valence-electron chi connectivity index (χ4n) is 3.46. The van der Waals surface area contributed by atoms with Crippen LogP contribution in [0.2, 0.25) is 0 Å². The van der Waals surface area contributed by atoms with Crippen molar-refractivity contribution in [1.82, 2.24) is 0 Å². The van der Waals surface area contributed by atoms with Gasteiger partial charge in [0.1, 0.15) is 5.60 Å². The molecule has 0 amide bonds. The van der Waals surface area contributed by atoms with Crippen molar-refractivity contribution in [2.45, 2.75) is 85.0 Å². The zero-order valence-electron chi connectivity index (χ0n) is 21.5. The van der Waals surface area contributed by atoms with Crippen LogP contribution in [0, 0.1) is 11.3 Å². The number of esters is 1. The van der Waals surface area contributed by atoms with E-state index in [4.69, 9.17) is 9.47 Å². The van der Waals surface area contributed by atoms with Crippen LogP contribution in [0.15, 0.2) is 47.6 Å². The van der Waals surface area contributed by atoms with Crippen LogP contribution in [0.1, 0.15) is 67.7 Å². The van der Waals surface area contributed by atoms with Gasteiger partial charge >= 0.3 is 5.97 Å². The van der Waals surface area contributed by atoms with Gasteiger partial charge in [-0.15, -0.1) is 0 Å². The lowest BCUT2D eigenvalue weighted by Crippen LogP contribution is -2.39. The van der Waals surface area contributed by atoms with Crippen molar-refractivity contribution in [1.29, 1.82) is 0 Å². The van der Waals surface area contributed by atoms with Crippen molar-refractivity contribution in [2.24, 2.45) is 11.3 Å². The quantitative estimate of drug-likeness (QED) is 0.314. The van der Waals surface area contributed by atoms with E-state index in [9.17, 15) is 19.8 Å². The van der Waals surface area contributed by atoms with Gasteiger partial charge in [-0.1, -0.05) is 31.6 Å². The lowest BCUT2D eigenvalue weighted by molar-refractivity contribution is -0.148. The summed E-state index contributed by atoms with van der Waals surface area (Å²) in [7, 11) is 1.70. The Balaban J connectivity index is 3.38. The van der Waals surface area contributed by atoms with Crippen molar-refractivity contribution in [3.05, 3.63) is 47.6 Å². The topological polar surface area (TPSA) is 93.1 Å². The summed E-state index contributed by atoms with van der Waals surface area (Å²) in [4.78, 5) is 24.9. The number of aliphatic hydroxyl groups excluding tert-OH is 1. The number of rotatable bonds is 8. The maximum atomic E-state index is 12.6. The van der Waals surface area contributed by atoms with E-state index >= 15 is 0 Å². The molecule has 0 unspecified atom stereocenters. The van der Waals surface area contributed by atoms with Crippen LogP contribution in [-0.4, -0.2) is 53.0 Å². The van der Waals surface area contributed by atoms with Crippen molar-refractivity contribution in [3.8, 4) is 0 Å². The number of aliphatic hydroxyl groups is 2.